The molecule has 1 heterocycles. The Bertz CT molecular complexity index is 1360. The van der Waals surface area contributed by atoms with E-state index in [2.05, 4.69) is 13.2 Å². The third kappa shape index (κ3) is 2.58. The van der Waals surface area contributed by atoms with E-state index in [9.17, 15) is 19.2 Å². The summed E-state index contributed by atoms with van der Waals surface area (Å²) in [7, 11) is 0. The van der Waals surface area contributed by atoms with Gasteiger partial charge in [-0.3, -0.25) is 9.59 Å². The fourth-order valence-electron chi connectivity index (χ4n) is 5.35. The van der Waals surface area contributed by atoms with Crippen molar-refractivity contribution in [2.75, 3.05) is 0 Å². The summed E-state index contributed by atoms with van der Waals surface area (Å²) in [4.78, 5) is 52.2. The first-order valence-corrected chi connectivity index (χ1v) is 10.9. The number of carbonyl (C=O) groups excluding carboxylic acids is 4. The van der Waals surface area contributed by atoms with Gasteiger partial charge in [0.1, 0.15) is 11.8 Å². The predicted molar refractivity (Wildman–Crippen MR) is 119 cm³/mol. The number of esters is 4. The van der Waals surface area contributed by atoms with E-state index in [1.807, 2.05) is 0 Å². The van der Waals surface area contributed by atoms with E-state index >= 15 is 0 Å². The van der Waals surface area contributed by atoms with Gasteiger partial charge in [0.2, 0.25) is 0 Å². The molecule has 34 heavy (non-hydrogen) atoms. The lowest BCUT2D eigenvalue weighted by molar-refractivity contribution is -0.189. The van der Waals surface area contributed by atoms with Crippen LogP contribution >= 0.6 is 11.6 Å². The van der Waals surface area contributed by atoms with Gasteiger partial charge in [0.05, 0.1) is 0 Å². The second-order valence-electron chi connectivity index (χ2n) is 8.74. The van der Waals surface area contributed by atoms with Crippen molar-refractivity contribution in [3.8, 4) is 0 Å². The first kappa shape index (κ1) is 22.1. The Morgan fingerprint density at radius 2 is 1.26 bits per heavy atom. The zero-order valence-corrected chi connectivity index (χ0v) is 19.1. The Hall–Kier alpha value is -3.71. The lowest BCUT2D eigenvalue weighted by Crippen LogP contribution is -2.64. The molecule has 4 atom stereocenters. The fourth-order valence-corrected chi connectivity index (χ4v) is 5.52. The zero-order valence-electron chi connectivity index (χ0n) is 18.3. The van der Waals surface area contributed by atoms with Gasteiger partial charge < -0.3 is 14.2 Å². The SMILES string of the molecule is C=C(C)C(=O)OC12c3ccccc3C(OC(=O)C(=C)C)(c3cc(Cl)ccc31)C1C(=O)OC(=O)C12. The second kappa shape index (κ2) is 7.14. The average molecular weight is 479 g/mol. The number of rotatable bonds is 4. The van der Waals surface area contributed by atoms with Gasteiger partial charge in [0.25, 0.3) is 0 Å². The van der Waals surface area contributed by atoms with Crippen LogP contribution < -0.4 is 0 Å². The molecule has 1 fully saturated rings. The van der Waals surface area contributed by atoms with Crippen LogP contribution in [0.15, 0.2) is 66.8 Å². The van der Waals surface area contributed by atoms with Crippen molar-refractivity contribution < 1.29 is 33.4 Å². The van der Waals surface area contributed by atoms with E-state index in [1.165, 1.54) is 13.8 Å². The molecule has 0 spiro atoms. The number of ether oxygens (including phenoxy) is 3. The molecular weight excluding hydrogens is 460 g/mol. The highest BCUT2D eigenvalue weighted by Crippen LogP contribution is 2.67. The normalized spacial score (nSPS) is 27.7. The summed E-state index contributed by atoms with van der Waals surface area (Å²) < 4.78 is 17.2. The van der Waals surface area contributed by atoms with Crippen LogP contribution in [-0.2, 0) is 44.6 Å². The van der Waals surface area contributed by atoms with Gasteiger partial charge in [-0.05, 0) is 26.0 Å². The summed E-state index contributed by atoms with van der Waals surface area (Å²) in [6, 6.07) is 11.5. The van der Waals surface area contributed by atoms with Crippen LogP contribution in [0.4, 0.5) is 0 Å². The highest BCUT2D eigenvalue weighted by atomic mass is 35.5. The van der Waals surface area contributed by atoms with E-state index in [0.717, 1.165) is 0 Å². The van der Waals surface area contributed by atoms with Gasteiger partial charge >= 0.3 is 23.9 Å². The Morgan fingerprint density at radius 3 is 1.74 bits per heavy atom. The quantitative estimate of drug-likeness (QED) is 0.286. The van der Waals surface area contributed by atoms with Crippen LogP contribution in [0.3, 0.4) is 0 Å². The van der Waals surface area contributed by atoms with E-state index in [-0.39, 0.29) is 11.1 Å². The molecule has 2 aromatic rings. The number of cyclic esters (lactones) is 2. The van der Waals surface area contributed by atoms with Gasteiger partial charge in [-0.2, -0.15) is 0 Å². The molecule has 172 valence electrons. The summed E-state index contributed by atoms with van der Waals surface area (Å²) in [6.07, 6.45) is 0. The maximum absolute atomic E-state index is 13.2. The highest BCUT2D eigenvalue weighted by molar-refractivity contribution is 6.30. The molecule has 7 nitrogen and oxygen atoms in total. The number of benzene rings is 2. The minimum absolute atomic E-state index is 0.0980. The lowest BCUT2D eigenvalue weighted by Gasteiger charge is -2.57. The minimum atomic E-state index is -1.75. The molecule has 4 aliphatic rings. The molecule has 0 N–H and O–H groups in total. The Kier molecular flexibility index (Phi) is 4.64. The third-order valence-electron chi connectivity index (χ3n) is 6.63. The second-order valence-corrected chi connectivity index (χ2v) is 9.18. The Labute approximate surface area is 199 Å². The topological polar surface area (TPSA) is 96.0 Å². The number of hydrogen-bond acceptors (Lipinski definition) is 7. The summed E-state index contributed by atoms with van der Waals surface area (Å²) >= 11 is 6.35. The highest BCUT2D eigenvalue weighted by Gasteiger charge is 2.77. The predicted octanol–water partition coefficient (Wildman–Crippen LogP) is 3.71. The number of carbonyl (C=O) groups is 4. The summed E-state index contributed by atoms with van der Waals surface area (Å²) in [5, 5.41) is 0.296. The van der Waals surface area contributed by atoms with Crippen molar-refractivity contribution in [3.05, 3.63) is 94.0 Å². The summed E-state index contributed by atoms with van der Waals surface area (Å²) in [6.45, 7) is 10.3. The molecule has 1 aliphatic heterocycles. The molecule has 3 aliphatic carbocycles. The van der Waals surface area contributed by atoms with Crippen molar-refractivity contribution in [3.63, 3.8) is 0 Å². The van der Waals surface area contributed by atoms with E-state index in [0.29, 0.717) is 27.3 Å². The smallest absolute Gasteiger partial charge is 0.334 e. The van der Waals surface area contributed by atoms with E-state index < -0.39 is 46.9 Å². The minimum Gasteiger partial charge on any atom is -0.445 e. The van der Waals surface area contributed by atoms with Crippen molar-refractivity contribution in [1.29, 1.82) is 0 Å². The standard InChI is InChI=1S/C26H19ClO7/c1-12(2)21(28)33-25-15-7-5-6-8-16(15)26(34-22(29)13(3)4,18-11-14(27)9-10-17(18)25)20-19(25)23(30)32-24(20)31/h5-11,19-20H,1,3H2,2,4H3. The molecule has 0 saturated carbocycles. The molecule has 1 saturated heterocycles. The zero-order chi connectivity index (χ0) is 24.6. The Morgan fingerprint density at radius 1 is 0.824 bits per heavy atom. The molecule has 0 aromatic heterocycles. The molecule has 8 heteroatoms. The van der Waals surface area contributed by atoms with E-state index in [4.69, 9.17) is 25.8 Å². The first-order valence-electron chi connectivity index (χ1n) is 10.5. The fraction of sp³-hybridized carbons (Fsp3) is 0.231. The van der Waals surface area contributed by atoms with Crippen molar-refractivity contribution in [2.24, 2.45) is 11.8 Å². The molecule has 0 radical (unpaired) electrons. The van der Waals surface area contributed by atoms with Gasteiger partial charge in [0.15, 0.2) is 11.2 Å². The summed E-state index contributed by atoms with van der Waals surface area (Å²) in [5.74, 6) is -5.91. The monoisotopic (exact) mass is 478 g/mol. The van der Waals surface area contributed by atoms with Gasteiger partial charge in [-0.25, -0.2) is 9.59 Å². The Balaban J connectivity index is 1.95. The first-order chi connectivity index (χ1) is 16.1. The number of hydrogen-bond donors (Lipinski definition) is 0. The van der Waals surface area contributed by atoms with Crippen LogP contribution in [0.25, 0.3) is 0 Å². The van der Waals surface area contributed by atoms with Gasteiger partial charge in [0, 0.05) is 38.4 Å². The van der Waals surface area contributed by atoms with Crippen LogP contribution in [0.2, 0.25) is 5.02 Å². The van der Waals surface area contributed by atoms with Crippen LogP contribution in [0, 0.1) is 11.8 Å². The van der Waals surface area contributed by atoms with Crippen LogP contribution in [0.5, 0.6) is 0 Å². The molecule has 0 amide bonds. The van der Waals surface area contributed by atoms with Crippen molar-refractivity contribution in [2.45, 2.75) is 25.0 Å². The lowest BCUT2D eigenvalue weighted by atomic mass is 9.50. The third-order valence-corrected chi connectivity index (χ3v) is 6.87. The average Bonchev–Trinajstić information content (AvgIpc) is 3.10. The van der Waals surface area contributed by atoms with Gasteiger partial charge in [-0.1, -0.05) is 55.1 Å². The van der Waals surface area contributed by atoms with Gasteiger partial charge in [-0.15, -0.1) is 0 Å². The number of halogens is 1. The van der Waals surface area contributed by atoms with E-state index in [1.54, 1.807) is 42.5 Å². The van der Waals surface area contributed by atoms with Crippen LogP contribution in [-0.4, -0.2) is 23.9 Å². The maximum Gasteiger partial charge on any atom is 0.334 e. The van der Waals surface area contributed by atoms with Crippen molar-refractivity contribution >= 4 is 35.5 Å². The molecular formula is C26H19ClO7. The summed E-state index contributed by atoms with van der Waals surface area (Å²) in [5.41, 5.74) is -1.78. The molecule has 4 unspecified atom stereocenters. The van der Waals surface area contributed by atoms with Crippen LogP contribution in [0.1, 0.15) is 36.1 Å². The molecule has 6 rings (SSSR count). The molecule has 2 bridgehead atoms. The molecule has 2 aromatic carbocycles. The van der Waals surface area contributed by atoms with Crippen molar-refractivity contribution in [1.82, 2.24) is 0 Å². The maximum atomic E-state index is 13.2. The largest absolute Gasteiger partial charge is 0.445 e.